The highest BCUT2D eigenvalue weighted by Crippen LogP contribution is 2.33. The van der Waals surface area contributed by atoms with Gasteiger partial charge in [0.2, 0.25) is 5.91 Å². The highest BCUT2D eigenvalue weighted by molar-refractivity contribution is 9.10. The summed E-state index contributed by atoms with van der Waals surface area (Å²) in [5, 5.41) is 0.854. The smallest absolute Gasteiger partial charge is 0.229 e. The van der Waals surface area contributed by atoms with E-state index in [1.165, 1.54) is 6.33 Å². The normalized spacial score (nSPS) is 13.4. The largest absolute Gasteiger partial charge is 0.364 e. The fraction of sp³-hybridized carbons (Fsp3) is 0.150. The quantitative estimate of drug-likeness (QED) is 0.600. The maximum atomic E-state index is 12.5. The molecule has 0 spiro atoms. The lowest BCUT2D eigenvalue weighted by atomic mass is 10.1. The summed E-state index contributed by atoms with van der Waals surface area (Å²) in [6, 6.07) is 13.7. The zero-order chi connectivity index (χ0) is 18.1. The monoisotopic (exact) mass is 408 g/mol. The van der Waals surface area contributed by atoms with Crippen molar-refractivity contribution in [3.8, 4) is 0 Å². The van der Waals surface area contributed by atoms with Gasteiger partial charge in [0.15, 0.2) is 5.82 Å². The first-order chi connectivity index (χ1) is 12.6. The van der Waals surface area contributed by atoms with Gasteiger partial charge in [-0.05, 0) is 36.4 Å². The standard InChI is InChI=1S/C20H17BrN4O/c1-14(26)25(17-6-4-5-15(21)11-17)20-18-12-16(24-9-2-3-10-24)7-8-19(18)22-13-23-20/h2-8,11-13H,9-10H2,1H3. The van der Waals surface area contributed by atoms with E-state index in [-0.39, 0.29) is 5.91 Å². The van der Waals surface area contributed by atoms with Gasteiger partial charge in [0.25, 0.3) is 0 Å². The number of amides is 1. The van der Waals surface area contributed by atoms with E-state index in [1.54, 1.807) is 11.8 Å². The van der Waals surface area contributed by atoms with Crippen molar-refractivity contribution in [1.82, 2.24) is 9.97 Å². The summed E-state index contributed by atoms with van der Waals surface area (Å²) in [4.78, 5) is 25.2. The van der Waals surface area contributed by atoms with E-state index in [2.05, 4.69) is 55.1 Å². The molecule has 26 heavy (non-hydrogen) atoms. The molecule has 0 bridgehead atoms. The average molecular weight is 409 g/mol. The fourth-order valence-electron chi connectivity index (χ4n) is 3.16. The van der Waals surface area contributed by atoms with Crippen LogP contribution in [0.3, 0.4) is 0 Å². The molecular weight excluding hydrogens is 392 g/mol. The third-order valence-electron chi connectivity index (χ3n) is 4.37. The number of nitrogens with zero attached hydrogens (tertiary/aromatic N) is 4. The van der Waals surface area contributed by atoms with Crippen LogP contribution >= 0.6 is 15.9 Å². The van der Waals surface area contributed by atoms with Crippen LogP contribution < -0.4 is 9.80 Å². The SMILES string of the molecule is CC(=O)N(c1cccc(Br)c1)c1ncnc2ccc(N3CC=CC3)cc12. The van der Waals surface area contributed by atoms with Crippen molar-refractivity contribution in [2.24, 2.45) is 0 Å². The van der Waals surface area contributed by atoms with Gasteiger partial charge in [-0.1, -0.05) is 34.1 Å². The number of aromatic nitrogens is 2. The Morgan fingerprint density at radius 3 is 2.65 bits per heavy atom. The van der Waals surface area contributed by atoms with E-state index in [0.29, 0.717) is 5.82 Å². The predicted molar refractivity (Wildman–Crippen MR) is 108 cm³/mol. The van der Waals surface area contributed by atoms with Gasteiger partial charge < -0.3 is 4.90 Å². The lowest BCUT2D eigenvalue weighted by molar-refractivity contribution is -0.115. The molecule has 0 radical (unpaired) electrons. The molecule has 0 fully saturated rings. The molecule has 1 aromatic heterocycles. The van der Waals surface area contributed by atoms with Crippen molar-refractivity contribution in [2.45, 2.75) is 6.92 Å². The molecule has 2 heterocycles. The zero-order valence-corrected chi connectivity index (χ0v) is 15.8. The molecule has 5 nitrogen and oxygen atoms in total. The fourth-order valence-corrected chi connectivity index (χ4v) is 3.55. The number of carbonyl (C=O) groups is 1. The Hall–Kier alpha value is -2.73. The van der Waals surface area contributed by atoms with Crippen molar-refractivity contribution in [3.05, 3.63) is 65.4 Å². The van der Waals surface area contributed by atoms with Gasteiger partial charge in [-0.3, -0.25) is 9.69 Å². The molecule has 0 N–H and O–H groups in total. The van der Waals surface area contributed by atoms with Crippen LogP contribution in [0.4, 0.5) is 17.2 Å². The van der Waals surface area contributed by atoms with Crippen molar-refractivity contribution < 1.29 is 4.79 Å². The first-order valence-electron chi connectivity index (χ1n) is 8.34. The second kappa shape index (κ2) is 6.88. The molecule has 0 atom stereocenters. The lowest BCUT2D eigenvalue weighted by Crippen LogP contribution is -2.24. The summed E-state index contributed by atoms with van der Waals surface area (Å²) in [6.45, 7) is 3.32. The molecule has 4 rings (SSSR count). The molecule has 0 aliphatic carbocycles. The minimum atomic E-state index is -0.101. The average Bonchev–Trinajstić information content (AvgIpc) is 3.16. The van der Waals surface area contributed by atoms with E-state index >= 15 is 0 Å². The zero-order valence-electron chi connectivity index (χ0n) is 14.3. The van der Waals surface area contributed by atoms with E-state index in [0.717, 1.165) is 39.8 Å². The minimum absolute atomic E-state index is 0.101. The Labute approximate surface area is 160 Å². The molecule has 130 valence electrons. The number of anilines is 3. The Balaban J connectivity index is 1.87. The first-order valence-corrected chi connectivity index (χ1v) is 9.14. The first kappa shape index (κ1) is 16.7. The molecule has 0 saturated carbocycles. The van der Waals surface area contributed by atoms with Crippen LogP contribution in [0.1, 0.15) is 6.92 Å². The second-order valence-corrected chi connectivity index (χ2v) is 7.03. The maximum Gasteiger partial charge on any atom is 0.229 e. The maximum absolute atomic E-state index is 12.5. The molecular formula is C20H17BrN4O. The lowest BCUT2D eigenvalue weighted by Gasteiger charge is -2.23. The van der Waals surface area contributed by atoms with Crippen molar-refractivity contribution in [1.29, 1.82) is 0 Å². The summed E-state index contributed by atoms with van der Waals surface area (Å²) in [7, 11) is 0. The van der Waals surface area contributed by atoms with Crippen molar-refractivity contribution >= 4 is 49.9 Å². The van der Waals surface area contributed by atoms with Gasteiger partial charge in [0.05, 0.1) is 11.2 Å². The second-order valence-electron chi connectivity index (χ2n) is 6.11. The van der Waals surface area contributed by atoms with Gasteiger partial charge in [-0.2, -0.15) is 0 Å². The van der Waals surface area contributed by atoms with Crippen LogP contribution in [-0.4, -0.2) is 29.0 Å². The number of rotatable bonds is 3. The molecule has 0 unspecified atom stereocenters. The van der Waals surface area contributed by atoms with Gasteiger partial charge in [-0.25, -0.2) is 9.97 Å². The van der Waals surface area contributed by atoms with Crippen LogP contribution in [0.15, 0.2) is 65.4 Å². The molecule has 6 heteroatoms. The van der Waals surface area contributed by atoms with E-state index in [9.17, 15) is 4.79 Å². The van der Waals surface area contributed by atoms with E-state index in [4.69, 9.17) is 0 Å². The number of halogens is 1. The summed E-state index contributed by atoms with van der Waals surface area (Å²) in [5.41, 5.74) is 2.67. The van der Waals surface area contributed by atoms with Crippen LogP contribution in [0.2, 0.25) is 0 Å². The number of hydrogen-bond acceptors (Lipinski definition) is 4. The highest BCUT2D eigenvalue weighted by atomic mass is 79.9. The minimum Gasteiger partial charge on any atom is -0.364 e. The third kappa shape index (κ3) is 3.08. The number of carbonyl (C=O) groups excluding carboxylic acids is 1. The number of benzene rings is 2. The summed E-state index contributed by atoms with van der Waals surface area (Å²) in [5.74, 6) is 0.492. The van der Waals surface area contributed by atoms with Crippen molar-refractivity contribution in [2.75, 3.05) is 22.9 Å². The summed E-state index contributed by atoms with van der Waals surface area (Å²) < 4.78 is 0.906. The van der Waals surface area contributed by atoms with Crippen LogP contribution in [-0.2, 0) is 4.79 Å². The van der Waals surface area contributed by atoms with Gasteiger partial charge in [-0.15, -0.1) is 0 Å². The predicted octanol–water partition coefficient (Wildman–Crippen LogP) is 4.45. The van der Waals surface area contributed by atoms with Crippen LogP contribution in [0.5, 0.6) is 0 Å². The summed E-state index contributed by atoms with van der Waals surface area (Å²) in [6.07, 6.45) is 5.80. The molecule has 2 aromatic carbocycles. The van der Waals surface area contributed by atoms with Crippen LogP contribution in [0, 0.1) is 0 Å². The molecule has 1 amide bonds. The Morgan fingerprint density at radius 2 is 1.92 bits per heavy atom. The third-order valence-corrected chi connectivity index (χ3v) is 4.87. The highest BCUT2D eigenvalue weighted by Gasteiger charge is 2.20. The Kier molecular flexibility index (Phi) is 4.42. The summed E-state index contributed by atoms with van der Waals surface area (Å²) >= 11 is 3.47. The van der Waals surface area contributed by atoms with Gasteiger partial charge in [0, 0.05) is 35.6 Å². The van der Waals surface area contributed by atoms with Crippen LogP contribution in [0.25, 0.3) is 10.9 Å². The Bertz CT molecular complexity index is 1010. The Morgan fingerprint density at radius 1 is 1.12 bits per heavy atom. The molecule has 1 aliphatic heterocycles. The van der Waals surface area contributed by atoms with Crippen molar-refractivity contribution in [3.63, 3.8) is 0 Å². The van der Waals surface area contributed by atoms with E-state index in [1.807, 2.05) is 30.3 Å². The molecule has 3 aromatic rings. The topological polar surface area (TPSA) is 49.3 Å². The van der Waals surface area contributed by atoms with E-state index < -0.39 is 0 Å². The molecule has 1 aliphatic rings. The van der Waals surface area contributed by atoms with Gasteiger partial charge in [0.1, 0.15) is 6.33 Å². The number of fused-ring (bicyclic) bond motifs is 1. The van der Waals surface area contributed by atoms with Gasteiger partial charge >= 0.3 is 0 Å². The number of hydrogen-bond donors (Lipinski definition) is 0. The molecule has 0 saturated heterocycles.